The van der Waals surface area contributed by atoms with Crippen molar-refractivity contribution in [3.8, 4) is 40.1 Å². The van der Waals surface area contributed by atoms with Crippen LogP contribution in [0.2, 0.25) is 0 Å². The number of hydrogen-bond acceptors (Lipinski definition) is 9. The molecule has 0 aliphatic rings. The highest BCUT2D eigenvalue weighted by Crippen LogP contribution is 2.39. The summed E-state index contributed by atoms with van der Waals surface area (Å²) in [4.78, 5) is 18.5. The topological polar surface area (TPSA) is 101 Å². The van der Waals surface area contributed by atoms with Gasteiger partial charge in [-0.1, -0.05) is 6.07 Å². The molecule has 0 fully saturated rings. The van der Waals surface area contributed by atoms with E-state index in [-0.39, 0.29) is 0 Å². The van der Waals surface area contributed by atoms with Crippen molar-refractivity contribution >= 4 is 16.7 Å². The van der Waals surface area contributed by atoms with E-state index in [2.05, 4.69) is 20.3 Å². The number of fused-ring (bicyclic) bond motifs is 1. The van der Waals surface area contributed by atoms with E-state index in [0.29, 0.717) is 46.3 Å². The van der Waals surface area contributed by atoms with Crippen LogP contribution in [0.1, 0.15) is 22.4 Å². The van der Waals surface area contributed by atoms with Gasteiger partial charge in [-0.2, -0.15) is 0 Å². The van der Waals surface area contributed by atoms with Crippen LogP contribution >= 0.6 is 0 Å². The zero-order valence-corrected chi connectivity index (χ0v) is 23.4. The summed E-state index contributed by atoms with van der Waals surface area (Å²) in [5.74, 6) is 3.77. The third kappa shape index (κ3) is 5.31. The summed E-state index contributed by atoms with van der Waals surface area (Å²) >= 11 is 0. The zero-order valence-electron chi connectivity index (χ0n) is 23.4. The number of benzene rings is 2. The molecule has 5 rings (SSSR count). The minimum absolute atomic E-state index is 0.373. The minimum atomic E-state index is 0.373. The van der Waals surface area contributed by atoms with E-state index in [0.717, 1.165) is 39.4 Å². The number of aryl methyl sites for hydroxylation is 2. The van der Waals surface area contributed by atoms with Gasteiger partial charge in [0.1, 0.15) is 40.5 Å². The summed E-state index contributed by atoms with van der Waals surface area (Å²) in [7, 11) is 4.90. The molecule has 0 amide bonds. The second-order valence-electron chi connectivity index (χ2n) is 9.29. The number of ether oxygens (including phenoxy) is 4. The van der Waals surface area contributed by atoms with Gasteiger partial charge < -0.3 is 24.3 Å². The van der Waals surface area contributed by atoms with E-state index in [9.17, 15) is 0 Å². The fraction of sp³-hybridized carbons (Fsp3) is 0.226. The molecule has 0 aliphatic heterocycles. The van der Waals surface area contributed by atoms with Gasteiger partial charge in [-0.05, 0) is 62.7 Å². The predicted octanol–water partition coefficient (Wildman–Crippen LogP) is 6.44. The second-order valence-corrected chi connectivity index (χ2v) is 9.29. The number of rotatable bonds is 9. The van der Waals surface area contributed by atoms with E-state index in [1.54, 1.807) is 27.5 Å². The van der Waals surface area contributed by atoms with Gasteiger partial charge in [-0.25, -0.2) is 15.0 Å². The molecule has 5 aromatic rings. The Bertz CT molecular complexity index is 1670. The molecule has 1 N–H and O–H groups in total. The van der Waals surface area contributed by atoms with Gasteiger partial charge in [0.05, 0.1) is 32.5 Å². The number of nitrogens with one attached hydrogen (secondary N) is 1. The average Bonchev–Trinajstić information content (AvgIpc) is 2.98. The summed E-state index contributed by atoms with van der Waals surface area (Å²) in [5, 5.41) is 4.09. The van der Waals surface area contributed by atoms with Crippen molar-refractivity contribution in [2.45, 2.75) is 27.3 Å². The number of anilines is 1. The number of hydrogen-bond donors (Lipinski definition) is 1. The van der Waals surface area contributed by atoms with Crippen molar-refractivity contribution in [3.63, 3.8) is 0 Å². The normalized spacial score (nSPS) is 10.8. The number of aromatic nitrogens is 4. The van der Waals surface area contributed by atoms with E-state index in [1.165, 1.54) is 6.33 Å². The average molecular weight is 538 g/mol. The van der Waals surface area contributed by atoms with Gasteiger partial charge in [-0.3, -0.25) is 4.98 Å². The smallest absolute Gasteiger partial charge is 0.233 e. The standard InChI is InChI=1S/C31H31N5O4/c1-18-7-12-26(38-5)20(3)29(18)40-31-28-25(14-24(36-31)21-9-8-19(2)32-15-21)34-17-35-30(28)33-16-22-10-11-23(37-4)13-27(22)39-6/h7-15,17H,16H2,1-6H3,(H,33,34,35). The summed E-state index contributed by atoms with van der Waals surface area (Å²) in [6.45, 7) is 6.34. The summed E-state index contributed by atoms with van der Waals surface area (Å²) < 4.78 is 23.0. The second kappa shape index (κ2) is 11.4. The molecule has 0 aliphatic carbocycles. The predicted molar refractivity (Wildman–Crippen MR) is 155 cm³/mol. The van der Waals surface area contributed by atoms with Crippen molar-refractivity contribution in [1.82, 2.24) is 19.9 Å². The molecule has 0 spiro atoms. The third-order valence-corrected chi connectivity index (χ3v) is 6.71. The molecule has 3 heterocycles. The fourth-order valence-corrected chi connectivity index (χ4v) is 4.48. The van der Waals surface area contributed by atoms with Crippen molar-refractivity contribution in [2.75, 3.05) is 26.6 Å². The first-order valence-electron chi connectivity index (χ1n) is 12.8. The van der Waals surface area contributed by atoms with Crippen LogP contribution in [0.4, 0.5) is 5.82 Å². The third-order valence-electron chi connectivity index (χ3n) is 6.71. The maximum absolute atomic E-state index is 6.58. The molecule has 2 aromatic carbocycles. The largest absolute Gasteiger partial charge is 0.497 e. The van der Waals surface area contributed by atoms with Gasteiger partial charge in [0.2, 0.25) is 5.88 Å². The molecule has 0 bridgehead atoms. The Kier molecular flexibility index (Phi) is 7.63. The molecule has 9 heteroatoms. The van der Waals surface area contributed by atoms with Crippen LogP contribution in [-0.4, -0.2) is 41.3 Å². The minimum Gasteiger partial charge on any atom is -0.497 e. The van der Waals surface area contributed by atoms with Crippen molar-refractivity contribution in [2.24, 2.45) is 0 Å². The van der Waals surface area contributed by atoms with Crippen LogP contribution < -0.4 is 24.3 Å². The summed E-state index contributed by atoms with van der Waals surface area (Å²) in [6, 6.07) is 15.4. The van der Waals surface area contributed by atoms with Gasteiger partial charge in [0, 0.05) is 41.2 Å². The van der Waals surface area contributed by atoms with Crippen LogP contribution in [0.5, 0.6) is 28.9 Å². The van der Waals surface area contributed by atoms with Gasteiger partial charge >= 0.3 is 0 Å². The number of methoxy groups -OCH3 is 3. The van der Waals surface area contributed by atoms with Crippen molar-refractivity contribution in [3.05, 3.63) is 83.4 Å². The first kappa shape index (κ1) is 26.7. The first-order valence-corrected chi connectivity index (χ1v) is 12.8. The van der Waals surface area contributed by atoms with Crippen LogP contribution in [0.25, 0.3) is 22.2 Å². The Balaban J connectivity index is 1.63. The first-order chi connectivity index (χ1) is 19.4. The van der Waals surface area contributed by atoms with Crippen LogP contribution in [0, 0.1) is 20.8 Å². The lowest BCUT2D eigenvalue weighted by atomic mass is 10.1. The van der Waals surface area contributed by atoms with Gasteiger partial charge in [-0.15, -0.1) is 0 Å². The van der Waals surface area contributed by atoms with E-state index < -0.39 is 0 Å². The molecule has 3 aromatic heterocycles. The van der Waals surface area contributed by atoms with Gasteiger partial charge in [0.25, 0.3) is 0 Å². The van der Waals surface area contributed by atoms with Crippen molar-refractivity contribution < 1.29 is 18.9 Å². The number of pyridine rings is 2. The molecule has 0 saturated heterocycles. The Morgan fingerprint density at radius 3 is 2.35 bits per heavy atom. The SMILES string of the molecule is COc1ccc(CNc2ncnc3cc(-c4ccc(C)nc4)nc(Oc4c(C)ccc(OC)c4C)c23)c(OC)c1. The molecular formula is C31H31N5O4. The highest BCUT2D eigenvalue weighted by molar-refractivity contribution is 5.95. The highest BCUT2D eigenvalue weighted by Gasteiger charge is 2.19. The maximum atomic E-state index is 6.58. The summed E-state index contributed by atoms with van der Waals surface area (Å²) in [5.41, 5.74) is 5.90. The Morgan fingerprint density at radius 1 is 0.800 bits per heavy atom. The summed E-state index contributed by atoms with van der Waals surface area (Å²) in [6.07, 6.45) is 3.32. The zero-order chi connectivity index (χ0) is 28.2. The molecule has 0 unspecified atom stereocenters. The Morgan fingerprint density at radius 2 is 1.62 bits per heavy atom. The quantitative estimate of drug-likeness (QED) is 0.227. The van der Waals surface area contributed by atoms with Crippen molar-refractivity contribution in [1.29, 1.82) is 0 Å². The Labute approximate surface area is 233 Å². The molecule has 0 radical (unpaired) electrons. The lowest BCUT2D eigenvalue weighted by molar-refractivity contribution is 0.391. The van der Waals surface area contributed by atoms with Gasteiger partial charge in [0.15, 0.2) is 0 Å². The lowest BCUT2D eigenvalue weighted by Gasteiger charge is -2.17. The van der Waals surface area contributed by atoms with Crippen LogP contribution in [0.3, 0.4) is 0 Å². The monoisotopic (exact) mass is 537 g/mol. The van der Waals surface area contributed by atoms with E-state index in [4.69, 9.17) is 23.9 Å². The Hall–Kier alpha value is -4.92. The molecule has 204 valence electrons. The number of nitrogens with zero attached hydrogens (tertiary/aromatic N) is 4. The van der Waals surface area contributed by atoms with E-state index >= 15 is 0 Å². The highest BCUT2D eigenvalue weighted by atomic mass is 16.5. The molecule has 9 nitrogen and oxygen atoms in total. The van der Waals surface area contributed by atoms with Crippen LogP contribution in [-0.2, 0) is 6.54 Å². The van der Waals surface area contributed by atoms with Crippen LogP contribution in [0.15, 0.2) is 61.1 Å². The molecule has 40 heavy (non-hydrogen) atoms. The van der Waals surface area contributed by atoms with E-state index in [1.807, 2.05) is 69.3 Å². The molecular weight excluding hydrogens is 506 g/mol. The fourth-order valence-electron chi connectivity index (χ4n) is 4.48. The molecule has 0 saturated carbocycles. The maximum Gasteiger partial charge on any atom is 0.233 e. The molecule has 0 atom stereocenters. The lowest BCUT2D eigenvalue weighted by Crippen LogP contribution is -2.06.